The summed E-state index contributed by atoms with van der Waals surface area (Å²) in [5.74, 6) is 1.70. The predicted molar refractivity (Wildman–Crippen MR) is 78.9 cm³/mol. The van der Waals surface area contributed by atoms with Gasteiger partial charge in [-0.1, -0.05) is 6.07 Å². The average molecular weight is 268 g/mol. The molecule has 0 fully saturated rings. The van der Waals surface area contributed by atoms with Crippen molar-refractivity contribution in [3.8, 4) is 11.1 Å². The fourth-order valence-electron chi connectivity index (χ4n) is 2.33. The first kappa shape index (κ1) is 10.8. The summed E-state index contributed by atoms with van der Waals surface area (Å²) in [6.07, 6.45) is 0. The van der Waals surface area contributed by atoms with Crippen LogP contribution in [0.3, 0.4) is 0 Å². The number of furan rings is 1. The molecule has 0 spiro atoms. The minimum Gasteiger partial charge on any atom is -0.453 e. The fraction of sp³-hybridized carbons (Fsp3) is 0.133. The zero-order valence-corrected chi connectivity index (χ0v) is 11.0. The molecule has 0 saturated heterocycles. The highest BCUT2D eigenvalue weighted by molar-refractivity contribution is 7.08. The summed E-state index contributed by atoms with van der Waals surface area (Å²) in [5.41, 5.74) is 3.39. The van der Waals surface area contributed by atoms with Crippen molar-refractivity contribution in [3.63, 3.8) is 0 Å². The summed E-state index contributed by atoms with van der Waals surface area (Å²) in [7, 11) is 0. The zero-order valence-electron chi connectivity index (χ0n) is 10.2. The molecule has 0 bridgehead atoms. The third kappa shape index (κ3) is 1.85. The molecule has 0 atom stereocenters. The van der Waals surface area contributed by atoms with Crippen LogP contribution in [0.15, 0.2) is 50.5 Å². The molecule has 4 rings (SSSR count). The topological polar surface area (TPSA) is 37.5 Å². The minimum absolute atomic E-state index is 0.826. The van der Waals surface area contributed by atoms with Gasteiger partial charge in [-0.2, -0.15) is 11.3 Å². The average Bonchev–Trinajstić information content (AvgIpc) is 3.18. The number of rotatable bonds is 2. The van der Waals surface area contributed by atoms with Crippen LogP contribution in [0.5, 0.6) is 0 Å². The molecule has 4 heteroatoms. The summed E-state index contributed by atoms with van der Waals surface area (Å²) < 4.78 is 5.83. The highest BCUT2D eigenvalue weighted by atomic mass is 32.1. The van der Waals surface area contributed by atoms with Crippen LogP contribution in [0.2, 0.25) is 0 Å². The molecule has 0 aliphatic carbocycles. The summed E-state index contributed by atoms with van der Waals surface area (Å²) >= 11 is 1.71. The monoisotopic (exact) mass is 268 g/mol. The van der Waals surface area contributed by atoms with Crippen LogP contribution in [-0.2, 0) is 0 Å². The van der Waals surface area contributed by atoms with Crippen molar-refractivity contribution in [3.05, 3.63) is 46.9 Å². The second-order valence-electron chi connectivity index (χ2n) is 4.53. The lowest BCUT2D eigenvalue weighted by atomic mass is 10.1. The molecule has 3 heterocycles. The molecule has 3 nitrogen and oxygen atoms in total. The largest absolute Gasteiger partial charge is 0.453 e. The molecule has 1 aliphatic rings. The number of nitrogens with zero attached hydrogens (tertiary/aromatic N) is 1. The number of benzene rings is 1. The van der Waals surface area contributed by atoms with Gasteiger partial charge in [0.25, 0.3) is 0 Å². The molecule has 3 aromatic rings. The van der Waals surface area contributed by atoms with Gasteiger partial charge in [-0.25, -0.2) is 0 Å². The maximum atomic E-state index is 5.83. The Kier molecular flexibility index (Phi) is 2.42. The van der Waals surface area contributed by atoms with Gasteiger partial charge in [0.05, 0.1) is 6.54 Å². The highest BCUT2D eigenvalue weighted by Gasteiger charge is 2.13. The summed E-state index contributed by atoms with van der Waals surface area (Å²) in [4.78, 5) is 4.39. The second kappa shape index (κ2) is 4.24. The molecule has 2 aromatic heterocycles. The molecule has 0 radical (unpaired) electrons. The van der Waals surface area contributed by atoms with Crippen molar-refractivity contribution in [2.75, 3.05) is 13.1 Å². The molecule has 94 valence electrons. The number of hydrogen-bond donors (Lipinski definition) is 1. The van der Waals surface area contributed by atoms with Gasteiger partial charge in [-0.15, -0.1) is 0 Å². The lowest BCUT2D eigenvalue weighted by Gasteiger charge is -1.96. The zero-order chi connectivity index (χ0) is 12.7. The van der Waals surface area contributed by atoms with E-state index in [4.69, 9.17) is 4.42 Å². The Labute approximate surface area is 114 Å². The summed E-state index contributed by atoms with van der Waals surface area (Å²) in [6, 6.07) is 10.5. The van der Waals surface area contributed by atoms with Crippen LogP contribution in [0.4, 0.5) is 0 Å². The van der Waals surface area contributed by atoms with E-state index in [1.807, 2.05) is 6.07 Å². The van der Waals surface area contributed by atoms with E-state index in [2.05, 4.69) is 45.3 Å². The van der Waals surface area contributed by atoms with Gasteiger partial charge in [0.2, 0.25) is 0 Å². The lowest BCUT2D eigenvalue weighted by Crippen LogP contribution is -2.18. The summed E-state index contributed by atoms with van der Waals surface area (Å²) in [6.45, 7) is 1.72. The Hall–Kier alpha value is -2.07. The van der Waals surface area contributed by atoms with Crippen molar-refractivity contribution in [1.29, 1.82) is 0 Å². The SMILES string of the molecule is c1cc(-c2ccc3oc(C4=NCCN4)cc3c2)cs1. The van der Waals surface area contributed by atoms with Crippen LogP contribution in [0.25, 0.3) is 22.1 Å². The molecular formula is C15H12N2OS. The maximum absolute atomic E-state index is 5.83. The van der Waals surface area contributed by atoms with E-state index >= 15 is 0 Å². The van der Waals surface area contributed by atoms with E-state index in [1.165, 1.54) is 11.1 Å². The van der Waals surface area contributed by atoms with Gasteiger partial charge in [0.15, 0.2) is 11.6 Å². The molecule has 0 amide bonds. The first-order valence-corrected chi connectivity index (χ1v) is 7.19. The standard InChI is InChI=1S/C15H12N2OS/c1-2-13-12(7-10(1)11-3-6-19-9-11)8-14(18-13)15-16-4-5-17-15/h1-3,6-9H,4-5H2,(H,16,17). The van der Waals surface area contributed by atoms with E-state index in [-0.39, 0.29) is 0 Å². The van der Waals surface area contributed by atoms with Crippen LogP contribution in [0, 0.1) is 0 Å². The third-order valence-electron chi connectivity index (χ3n) is 3.28. The van der Waals surface area contributed by atoms with E-state index in [1.54, 1.807) is 11.3 Å². The van der Waals surface area contributed by atoms with Gasteiger partial charge in [0.1, 0.15) is 5.58 Å². The summed E-state index contributed by atoms with van der Waals surface area (Å²) in [5, 5.41) is 8.61. The van der Waals surface area contributed by atoms with Gasteiger partial charge in [-0.3, -0.25) is 4.99 Å². The quantitative estimate of drug-likeness (QED) is 0.772. The molecule has 19 heavy (non-hydrogen) atoms. The smallest absolute Gasteiger partial charge is 0.170 e. The number of amidine groups is 1. The van der Waals surface area contributed by atoms with E-state index in [0.717, 1.165) is 35.7 Å². The Balaban J connectivity index is 1.81. The maximum Gasteiger partial charge on any atom is 0.170 e. The number of thiophene rings is 1. The Morgan fingerprint density at radius 2 is 2.16 bits per heavy atom. The van der Waals surface area contributed by atoms with Crippen LogP contribution in [0.1, 0.15) is 5.76 Å². The Morgan fingerprint density at radius 3 is 2.95 bits per heavy atom. The van der Waals surface area contributed by atoms with Crippen LogP contribution < -0.4 is 5.32 Å². The Morgan fingerprint density at radius 1 is 1.16 bits per heavy atom. The van der Waals surface area contributed by atoms with Crippen LogP contribution >= 0.6 is 11.3 Å². The van der Waals surface area contributed by atoms with Crippen molar-refractivity contribution in [2.24, 2.45) is 4.99 Å². The number of nitrogens with one attached hydrogen (secondary N) is 1. The first-order valence-electron chi connectivity index (χ1n) is 6.25. The highest BCUT2D eigenvalue weighted by Crippen LogP contribution is 2.28. The van der Waals surface area contributed by atoms with Crippen LogP contribution in [-0.4, -0.2) is 18.9 Å². The third-order valence-corrected chi connectivity index (χ3v) is 3.96. The van der Waals surface area contributed by atoms with Crippen molar-refractivity contribution < 1.29 is 4.42 Å². The lowest BCUT2D eigenvalue weighted by molar-refractivity contribution is 0.602. The molecule has 0 unspecified atom stereocenters. The number of fused-ring (bicyclic) bond motifs is 1. The van der Waals surface area contributed by atoms with E-state index < -0.39 is 0 Å². The van der Waals surface area contributed by atoms with Gasteiger partial charge in [-0.05, 0) is 46.2 Å². The minimum atomic E-state index is 0.826. The van der Waals surface area contributed by atoms with Crippen molar-refractivity contribution >= 4 is 28.1 Å². The molecule has 1 aromatic carbocycles. The normalized spacial score (nSPS) is 14.6. The van der Waals surface area contributed by atoms with Crippen molar-refractivity contribution in [2.45, 2.75) is 0 Å². The second-order valence-corrected chi connectivity index (χ2v) is 5.31. The van der Waals surface area contributed by atoms with E-state index in [0.29, 0.717) is 0 Å². The molecule has 1 N–H and O–H groups in total. The van der Waals surface area contributed by atoms with Gasteiger partial charge in [0, 0.05) is 11.9 Å². The van der Waals surface area contributed by atoms with Crippen molar-refractivity contribution in [1.82, 2.24) is 5.32 Å². The number of hydrogen-bond acceptors (Lipinski definition) is 4. The predicted octanol–water partition coefficient (Wildman–Crippen LogP) is 3.51. The molecule has 0 saturated carbocycles. The van der Waals surface area contributed by atoms with Gasteiger partial charge >= 0.3 is 0 Å². The number of aliphatic imine (C=N–C) groups is 1. The fourth-order valence-corrected chi connectivity index (χ4v) is 3.00. The first-order chi connectivity index (χ1) is 9.40. The molecule has 1 aliphatic heterocycles. The van der Waals surface area contributed by atoms with E-state index in [9.17, 15) is 0 Å². The molecular weight excluding hydrogens is 256 g/mol. The Bertz CT molecular complexity index is 756. The van der Waals surface area contributed by atoms with Gasteiger partial charge < -0.3 is 9.73 Å².